The Labute approximate surface area is 185 Å². The third-order valence-electron chi connectivity index (χ3n) is 6.68. The summed E-state index contributed by atoms with van der Waals surface area (Å²) in [5, 5.41) is 24.9. The van der Waals surface area contributed by atoms with E-state index in [0.29, 0.717) is 43.3 Å². The van der Waals surface area contributed by atoms with Gasteiger partial charge in [-0.2, -0.15) is 0 Å². The summed E-state index contributed by atoms with van der Waals surface area (Å²) in [6.45, 7) is 1.67. The van der Waals surface area contributed by atoms with E-state index in [1.54, 1.807) is 6.92 Å². The van der Waals surface area contributed by atoms with E-state index < -0.39 is 0 Å². The van der Waals surface area contributed by atoms with Crippen molar-refractivity contribution in [1.82, 2.24) is 0 Å². The van der Waals surface area contributed by atoms with Crippen molar-refractivity contribution in [2.75, 3.05) is 51.6 Å². The van der Waals surface area contributed by atoms with E-state index in [1.165, 1.54) is 0 Å². The quantitative estimate of drug-likeness (QED) is 0.0678. The van der Waals surface area contributed by atoms with Crippen molar-refractivity contribution in [3.05, 3.63) is 16.3 Å². The normalized spacial score (nSPS) is 12.7. The molecule has 0 heterocycles. The molecule has 20 N–H and O–H groups in total. The van der Waals surface area contributed by atoms with Gasteiger partial charge in [0.1, 0.15) is 5.36 Å². The summed E-state index contributed by atoms with van der Waals surface area (Å²) < 4.78 is 0. The molecule has 0 radical (unpaired) electrons. The van der Waals surface area contributed by atoms with Gasteiger partial charge in [0, 0.05) is 54.3 Å². The topological polar surface area (TPSA) is 291 Å². The number of nitrogens with two attached hydrogens (primary N) is 9. The van der Waals surface area contributed by atoms with Crippen LogP contribution >= 0.6 is 0 Å². The maximum atomic E-state index is 9.62. The molecule has 33 heavy (non-hydrogen) atoms. The molecule has 5 aromatic rings. The molecule has 12 heteroatoms. The van der Waals surface area contributed by atoms with Gasteiger partial charge in [-0.1, -0.05) is 5.16 Å². The third kappa shape index (κ3) is 1.95. The highest BCUT2D eigenvalue weighted by molar-refractivity contribution is 6.48. The Morgan fingerprint density at radius 3 is 1.48 bits per heavy atom. The molecule has 168 valence electrons. The van der Waals surface area contributed by atoms with Gasteiger partial charge in [-0.05, 0) is 6.92 Å². The molecule has 0 fully saturated rings. The van der Waals surface area contributed by atoms with E-state index in [-0.39, 0.29) is 67.3 Å². The molecule has 0 unspecified atom stereocenters. The van der Waals surface area contributed by atoms with Crippen LogP contribution in [0.5, 0.6) is 0 Å². The smallest absolute Gasteiger partial charge is 0.131 e. The molecule has 0 spiro atoms. The fraction of sp³-hybridized carbons (Fsp3) is 0.0476. The molecule has 5 aromatic carbocycles. The van der Waals surface area contributed by atoms with Crippen molar-refractivity contribution in [1.29, 1.82) is 5.41 Å². The maximum Gasteiger partial charge on any atom is 0.131 e. The number of rotatable bonds is 0. The van der Waals surface area contributed by atoms with Gasteiger partial charge < -0.3 is 56.8 Å². The maximum absolute atomic E-state index is 9.62. The lowest BCUT2D eigenvalue weighted by atomic mass is 9.92. The van der Waals surface area contributed by atoms with Crippen molar-refractivity contribution >= 4 is 94.3 Å². The minimum atomic E-state index is -0.109. The molecule has 0 amide bonds. The Bertz CT molecular complexity index is 1840. The third-order valence-corrected chi connectivity index (χ3v) is 6.68. The average Bonchev–Trinajstić information content (AvgIpc) is 3.13. The summed E-state index contributed by atoms with van der Waals surface area (Å²) in [6.07, 6.45) is 0. The highest BCUT2D eigenvalue weighted by atomic mass is 16.4. The fourth-order valence-corrected chi connectivity index (χ4v) is 4.99. The summed E-state index contributed by atoms with van der Waals surface area (Å²) in [5.41, 5.74) is 58.8. The highest BCUT2D eigenvalue weighted by Crippen LogP contribution is 2.55. The first-order valence-electron chi connectivity index (χ1n) is 9.77. The van der Waals surface area contributed by atoms with Gasteiger partial charge in [-0.25, -0.2) is 0 Å². The molecule has 0 aromatic heterocycles. The first-order chi connectivity index (χ1) is 15.5. The monoisotopic (exact) mass is 445 g/mol. The van der Waals surface area contributed by atoms with Gasteiger partial charge in [0.05, 0.1) is 50.9 Å². The van der Waals surface area contributed by atoms with Crippen LogP contribution in [-0.2, 0) is 0 Å². The number of benzene rings is 4. The Morgan fingerprint density at radius 2 is 0.909 bits per heavy atom. The minimum Gasteiger partial charge on any atom is -0.410 e. The van der Waals surface area contributed by atoms with Gasteiger partial charge >= 0.3 is 0 Å². The van der Waals surface area contributed by atoms with Crippen LogP contribution in [0.25, 0.3) is 43.1 Å². The van der Waals surface area contributed by atoms with Crippen LogP contribution < -0.4 is 62.3 Å². The van der Waals surface area contributed by atoms with E-state index in [1.807, 2.05) is 0 Å². The van der Waals surface area contributed by atoms with E-state index >= 15 is 0 Å². The van der Waals surface area contributed by atoms with Gasteiger partial charge in [0.25, 0.3) is 0 Å². The van der Waals surface area contributed by atoms with Gasteiger partial charge in [-0.3, -0.25) is 5.41 Å². The second-order valence-electron chi connectivity index (χ2n) is 8.17. The molecule has 0 saturated heterocycles. The molecular formula is C21H23N11O. The zero-order chi connectivity index (χ0) is 24.3. The number of hydrogen-bond donors (Lipinski definition) is 11. The molecule has 12 nitrogen and oxygen atoms in total. The average molecular weight is 445 g/mol. The number of nitrogens with one attached hydrogen (secondary N) is 1. The molecule has 0 bridgehead atoms. The van der Waals surface area contributed by atoms with Crippen molar-refractivity contribution in [3.8, 4) is 0 Å². The summed E-state index contributed by atoms with van der Waals surface area (Å²) in [6, 6.07) is 0. The van der Waals surface area contributed by atoms with Crippen LogP contribution in [0.15, 0.2) is 5.16 Å². The number of nitrogens with zero attached hydrogens (tertiary/aromatic N) is 1. The van der Waals surface area contributed by atoms with Crippen molar-refractivity contribution in [3.63, 3.8) is 0 Å². The Morgan fingerprint density at radius 1 is 0.485 bits per heavy atom. The van der Waals surface area contributed by atoms with Crippen LogP contribution in [0.1, 0.15) is 5.56 Å². The van der Waals surface area contributed by atoms with E-state index in [0.717, 1.165) is 0 Å². The lowest BCUT2D eigenvalue weighted by Crippen LogP contribution is -2.16. The Balaban J connectivity index is 2.43. The summed E-state index contributed by atoms with van der Waals surface area (Å²) >= 11 is 0. The predicted octanol–water partition coefficient (Wildman–Crippen LogP) is 0.493. The van der Waals surface area contributed by atoms with E-state index in [4.69, 9.17) is 57.0 Å². The molecular weight excluding hydrogens is 422 g/mol. The largest absolute Gasteiger partial charge is 0.410 e. The first kappa shape index (κ1) is 19.9. The van der Waals surface area contributed by atoms with E-state index in [9.17, 15) is 5.21 Å². The standard InChI is InChI=1S/C21H23N11O/c1-2-11(22)5-3-4-6(8(5)17(28)21(2)32-33)13(24)18(29)15(26)9(4)12(23)10-7(3)14(25)19(30)20(31)16(10)27/h27,33H,22-26,28-31H2,1H3. The number of hydrogen-bond acceptors (Lipinski definition) is 12. The second-order valence-corrected chi connectivity index (χ2v) is 8.17. The summed E-state index contributed by atoms with van der Waals surface area (Å²) in [4.78, 5) is 0. The van der Waals surface area contributed by atoms with Crippen LogP contribution in [0, 0.1) is 12.3 Å². The zero-order valence-electron chi connectivity index (χ0n) is 17.6. The number of fused-ring (bicyclic) bond motifs is 5. The first-order valence-corrected chi connectivity index (χ1v) is 9.77. The number of nitrogen functional groups attached to an aromatic ring is 9. The molecule has 0 saturated carbocycles. The highest BCUT2D eigenvalue weighted by Gasteiger charge is 2.29. The molecule has 0 atom stereocenters. The molecule has 0 aliphatic heterocycles. The second kappa shape index (κ2) is 5.82. The van der Waals surface area contributed by atoms with Crippen LogP contribution in [0.2, 0.25) is 0 Å². The van der Waals surface area contributed by atoms with Gasteiger partial charge in [-0.15, -0.1) is 0 Å². The zero-order valence-corrected chi connectivity index (χ0v) is 17.6. The van der Waals surface area contributed by atoms with Gasteiger partial charge in [0.15, 0.2) is 0 Å². The van der Waals surface area contributed by atoms with Crippen molar-refractivity contribution in [2.24, 2.45) is 5.16 Å². The van der Waals surface area contributed by atoms with Crippen molar-refractivity contribution in [2.45, 2.75) is 6.92 Å². The van der Waals surface area contributed by atoms with Gasteiger partial charge in [0.2, 0.25) is 0 Å². The van der Waals surface area contributed by atoms with Crippen LogP contribution in [-0.4, -0.2) is 5.21 Å². The van der Waals surface area contributed by atoms with Crippen molar-refractivity contribution < 1.29 is 5.21 Å². The lowest BCUT2D eigenvalue weighted by molar-refractivity contribution is 0.302. The lowest BCUT2D eigenvalue weighted by Gasteiger charge is -2.18. The fourth-order valence-electron chi connectivity index (χ4n) is 4.99. The number of anilines is 9. The SMILES string of the molecule is Cc1c(N)c2c(c(N)c1=NO)c1c(N)c(N)c(N)c3c(N)c4c(=N)c(N)c(N)c(N)c4c2c31. The Kier molecular flexibility index (Phi) is 3.52. The molecule has 5 rings (SSSR count). The summed E-state index contributed by atoms with van der Waals surface area (Å²) in [7, 11) is 0. The molecule has 0 aliphatic carbocycles. The predicted molar refractivity (Wildman–Crippen MR) is 136 cm³/mol. The van der Waals surface area contributed by atoms with Crippen LogP contribution in [0.4, 0.5) is 51.2 Å². The Hall–Kier alpha value is -5.00. The van der Waals surface area contributed by atoms with E-state index in [2.05, 4.69) is 5.16 Å². The van der Waals surface area contributed by atoms with Crippen LogP contribution in [0.3, 0.4) is 0 Å². The minimum absolute atomic E-state index is 0.0169. The molecule has 0 aliphatic rings. The summed E-state index contributed by atoms with van der Waals surface area (Å²) in [5.74, 6) is 0.